The lowest BCUT2D eigenvalue weighted by Gasteiger charge is -2.28. The first-order chi connectivity index (χ1) is 26.9. The molecule has 11 heteroatoms. The second kappa shape index (κ2) is 20.7. The third-order valence-electron chi connectivity index (χ3n) is 9.46. The molecule has 5 rings (SSSR count). The van der Waals surface area contributed by atoms with Crippen LogP contribution < -0.4 is 48.5 Å². The molecule has 11 nitrogen and oxygen atoms in total. The highest BCUT2D eigenvalue weighted by Crippen LogP contribution is 2.39. The number of carbonyl (C=O) groups is 1. The van der Waals surface area contributed by atoms with Gasteiger partial charge in [0.15, 0.2) is 34.5 Å². The van der Waals surface area contributed by atoms with Crippen LogP contribution in [0, 0.1) is 0 Å². The first kappa shape index (κ1) is 40.5. The maximum Gasteiger partial charge on any atom is 0.255 e. The van der Waals surface area contributed by atoms with Crippen molar-refractivity contribution in [3.63, 3.8) is 0 Å². The molecule has 1 atom stereocenters. The molecule has 1 aliphatic rings. The van der Waals surface area contributed by atoms with Crippen molar-refractivity contribution in [3.05, 3.63) is 89.0 Å². The van der Waals surface area contributed by atoms with Gasteiger partial charge in [0, 0.05) is 5.69 Å². The zero-order valence-corrected chi connectivity index (χ0v) is 32.8. The van der Waals surface area contributed by atoms with Gasteiger partial charge in [-0.15, -0.1) is 0 Å². The fourth-order valence-electron chi connectivity index (χ4n) is 6.44. The molecular formula is C44H54N2O9. The average molecular weight is 755 g/mol. The quantitative estimate of drug-likeness (QED) is 0.0594. The van der Waals surface area contributed by atoms with E-state index in [1.54, 1.807) is 48.7 Å². The van der Waals surface area contributed by atoms with E-state index in [2.05, 4.69) is 10.6 Å². The van der Waals surface area contributed by atoms with Crippen LogP contribution in [0.15, 0.2) is 66.7 Å². The predicted molar refractivity (Wildman–Crippen MR) is 216 cm³/mol. The van der Waals surface area contributed by atoms with E-state index in [9.17, 15) is 4.79 Å². The highest BCUT2D eigenvalue weighted by Gasteiger charge is 2.26. The van der Waals surface area contributed by atoms with E-state index >= 15 is 0 Å². The Balaban J connectivity index is 0.967. The van der Waals surface area contributed by atoms with E-state index in [0.29, 0.717) is 59.0 Å². The normalized spacial score (nSPS) is 13.3. The average Bonchev–Trinajstić information content (AvgIpc) is 3.22. The molecule has 0 fully saturated rings. The van der Waals surface area contributed by atoms with Gasteiger partial charge in [-0.3, -0.25) is 4.79 Å². The van der Waals surface area contributed by atoms with Crippen molar-refractivity contribution in [1.29, 1.82) is 0 Å². The van der Waals surface area contributed by atoms with Crippen LogP contribution in [0.5, 0.6) is 46.0 Å². The molecule has 1 amide bonds. The topological polar surface area (TPSA) is 115 Å². The molecule has 1 unspecified atom stereocenters. The number of carbonyl (C=O) groups excluding carboxylic acids is 1. The van der Waals surface area contributed by atoms with Crippen LogP contribution in [0.4, 0.5) is 5.69 Å². The largest absolute Gasteiger partial charge is 0.497 e. The Labute approximate surface area is 324 Å². The number of benzene rings is 4. The summed E-state index contributed by atoms with van der Waals surface area (Å²) in [6.07, 6.45) is 12.5. The molecule has 0 aliphatic carbocycles. The Morgan fingerprint density at radius 1 is 0.509 bits per heavy atom. The van der Waals surface area contributed by atoms with Gasteiger partial charge in [0.2, 0.25) is 5.75 Å². The molecule has 2 N–H and O–H groups in total. The summed E-state index contributed by atoms with van der Waals surface area (Å²) in [6, 6.07) is 20.9. The van der Waals surface area contributed by atoms with E-state index in [0.717, 1.165) is 53.8 Å². The Hall–Kier alpha value is -5.71. The van der Waals surface area contributed by atoms with Gasteiger partial charge in [0.05, 0.1) is 61.4 Å². The van der Waals surface area contributed by atoms with Crippen LogP contribution in [0.2, 0.25) is 0 Å². The maximum atomic E-state index is 12.8. The van der Waals surface area contributed by atoms with E-state index in [1.165, 1.54) is 25.7 Å². The third-order valence-corrected chi connectivity index (χ3v) is 9.46. The van der Waals surface area contributed by atoms with Crippen LogP contribution in [-0.2, 0) is 0 Å². The van der Waals surface area contributed by atoms with Gasteiger partial charge in [0.1, 0.15) is 11.9 Å². The van der Waals surface area contributed by atoms with Crippen molar-refractivity contribution in [2.24, 2.45) is 0 Å². The fraction of sp³-hybridized carbons (Fsp3) is 0.386. The predicted octanol–water partition coefficient (Wildman–Crippen LogP) is 9.34. The summed E-state index contributed by atoms with van der Waals surface area (Å²) in [4.78, 5) is 12.8. The van der Waals surface area contributed by atoms with Gasteiger partial charge >= 0.3 is 0 Å². The van der Waals surface area contributed by atoms with Gasteiger partial charge < -0.3 is 48.5 Å². The Kier molecular flexibility index (Phi) is 15.2. The van der Waals surface area contributed by atoms with Crippen LogP contribution in [0.1, 0.15) is 84.6 Å². The lowest BCUT2D eigenvalue weighted by molar-refractivity contribution is 0.0935. The number of rotatable bonds is 22. The van der Waals surface area contributed by atoms with Crippen LogP contribution >= 0.6 is 0 Å². The van der Waals surface area contributed by atoms with Crippen molar-refractivity contribution in [3.8, 4) is 46.0 Å². The summed E-state index contributed by atoms with van der Waals surface area (Å²) in [5, 5.41) is 6.39. The minimum Gasteiger partial charge on any atom is -0.497 e. The molecule has 294 valence electrons. The highest BCUT2D eigenvalue weighted by atomic mass is 16.5. The number of amides is 1. The number of ether oxygens (including phenoxy) is 8. The molecule has 4 aromatic rings. The monoisotopic (exact) mass is 754 g/mol. The molecule has 0 saturated carbocycles. The van der Waals surface area contributed by atoms with Crippen molar-refractivity contribution < 1.29 is 42.7 Å². The zero-order chi connectivity index (χ0) is 39.0. The number of fused-ring (bicyclic) bond motifs is 1. The SMILES string of the molecule is COc1ccc2c(c1)C(=O)NC(c1ccc(OCCCCCCCCCCOc3cc(C=Cc4cc(OC)c(OC)c(OC)c4)ccc3OC)c(OC)c1)N2. The van der Waals surface area contributed by atoms with Crippen LogP contribution in [0.25, 0.3) is 12.2 Å². The number of methoxy groups -OCH3 is 6. The van der Waals surface area contributed by atoms with Crippen molar-refractivity contribution in [2.75, 3.05) is 61.2 Å². The molecule has 0 saturated heterocycles. The minimum atomic E-state index is -0.388. The minimum absolute atomic E-state index is 0.162. The number of unbranched alkanes of at least 4 members (excludes halogenated alkanes) is 7. The lowest BCUT2D eigenvalue weighted by atomic mass is 10.0. The summed E-state index contributed by atoms with van der Waals surface area (Å²) >= 11 is 0. The van der Waals surface area contributed by atoms with Gasteiger partial charge in [-0.2, -0.15) is 0 Å². The molecule has 0 spiro atoms. The maximum absolute atomic E-state index is 12.8. The summed E-state index contributed by atoms with van der Waals surface area (Å²) < 4.78 is 45.1. The lowest BCUT2D eigenvalue weighted by Crippen LogP contribution is -2.38. The number of nitrogens with one attached hydrogen (secondary N) is 2. The van der Waals surface area contributed by atoms with Gasteiger partial charge in [-0.1, -0.05) is 62.8 Å². The van der Waals surface area contributed by atoms with Crippen molar-refractivity contribution in [1.82, 2.24) is 5.32 Å². The standard InChI is InChI=1S/C44H54N2O9/c1-48-33-19-20-35-34(29-33)44(47)46-43(45-35)32-18-22-37(38(28-32)50-3)54-23-13-11-9-7-8-10-12-14-24-55-39-25-30(17-21-36(39)49-2)15-16-31-26-40(51-4)42(53-6)41(27-31)52-5/h15-22,25-29,43,45H,7-14,23-24H2,1-6H3,(H,46,47). The third kappa shape index (κ3) is 10.9. The van der Waals surface area contributed by atoms with E-state index in [4.69, 9.17) is 37.9 Å². The van der Waals surface area contributed by atoms with E-state index in [1.807, 2.05) is 72.8 Å². The summed E-state index contributed by atoms with van der Waals surface area (Å²) in [5.74, 6) is 5.01. The Morgan fingerprint density at radius 2 is 1.09 bits per heavy atom. The zero-order valence-electron chi connectivity index (χ0n) is 32.8. The Morgan fingerprint density at radius 3 is 1.71 bits per heavy atom. The van der Waals surface area contributed by atoms with Gasteiger partial charge in [-0.05, 0) is 84.1 Å². The second-order valence-corrected chi connectivity index (χ2v) is 13.1. The van der Waals surface area contributed by atoms with Gasteiger partial charge in [0.25, 0.3) is 5.91 Å². The second-order valence-electron chi connectivity index (χ2n) is 13.1. The molecule has 0 bridgehead atoms. The Bertz CT molecular complexity index is 1870. The molecular weight excluding hydrogens is 700 g/mol. The molecule has 4 aromatic carbocycles. The van der Waals surface area contributed by atoms with Crippen LogP contribution in [0.3, 0.4) is 0 Å². The first-order valence-electron chi connectivity index (χ1n) is 18.8. The number of hydrogen-bond donors (Lipinski definition) is 2. The molecule has 0 aromatic heterocycles. The highest BCUT2D eigenvalue weighted by molar-refractivity contribution is 6.02. The molecule has 1 aliphatic heterocycles. The number of anilines is 1. The first-order valence-corrected chi connectivity index (χ1v) is 18.8. The van der Waals surface area contributed by atoms with Crippen molar-refractivity contribution >= 4 is 23.7 Å². The number of hydrogen-bond acceptors (Lipinski definition) is 10. The summed E-state index contributed by atoms with van der Waals surface area (Å²) in [5.41, 5.74) is 4.08. The van der Waals surface area contributed by atoms with Gasteiger partial charge in [-0.25, -0.2) is 0 Å². The van der Waals surface area contributed by atoms with Crippen LogP contribution in [-0.4, -0.2) is 61.8 Å². The van der Waals surface area contributed by atoms with E-state index < -0.39 is 0 Å². The molecule has 55 heavy (non-hydrogen) atoms. The summed E-state index contributed by atoms with van der Waals surface area (Å²) in [7, 11) is 9.67. The molecule has 1 heterocycles. The van der Waals surface area contributed by atoms with Crippen molar-refractivity contribution in [2.45, 2.75) is 57.5 Å². The smallest absolute Gasteiger partial charge is 0.255 e. The summed E-state index contributed by atoms with van der Waals surface area (Å²) in [6.45, 7) is 1.25. The molecule has 0 radical (unpaired) electrons. The van der Waals surface area contributed by atoms with E-state index in [-0.39, 0.29) is 12.1 Å². The fourth-order valence-corrected chi connectivity index (χ4v) is 6.44.